The monoisotopic (exact) mass is 462 g/mol. The molecule has 3 aromatic rings. The molecule has 2 heterocycles. The van der Waals surface area contributed by atoms with Crippen molar-refractivity contribution in [1.29, 1.82) is 10.5 Å². The number of rotatable bonds is 3. The fraction of sp³-hybridized carbons (Fsp3) is 0.130. The zero-order valence-corrected chi connectivity index (χ0v) is 17.6. The Morgan fingerprint density at radius 2 is 1.85 bits per heavy atom. The standard InChI is InChI=1S/C23H15F3N7O/c1-13-19(12-28)20(16-8-6-15(11-27)7-9-16)33-22(30-21(31-33)29-14(2)34)32(13)18-5-3-4-17(10-18)23(24,25)26/h3-10,20H,2H2,1H3,(H,29,31,34)/t20-/m1/s1. The van der Waals surface area contributed by atoms with Gasteiger partial charge in [-0.25, -0.2) is 4.68 Å². The third-order valence-corrected chi connectivity index (χ3v) is 5.22. The molecular formula is C23H15F3N7O. The average Bonchev–Trinajstić information content (AvgIpc) is 3.19. The number of benzene rings is 2. The maximum absolute atomic E-state index is 13.4. The minimum absolute atomic E-state index is 0.0916. The molecule has 11 heteroatoms. The van der Waals surface area contributed by atoms with E-state index in [2.05, 4.69) is 28.4 Å². The molecule has 0 fully saturated rings. The number of nitriles is 2. The Morgan fingerprint density at radius 1 is 1.15 bits per heavy atom. The highest BCUT2D eigenvalue weighted by atomic mass is 19.4. The molecule has 1 radical (unpaired) electrons. The highest BCUT2D eigenvalue weighted by molar-refractivity contribution is 5.92. The average molecular weight is 462 g/mol. The molecule has 0 spiro atoms. The normalized spacial score (nSPS) is 15.4. The summed E-state index contributed by atoms with van der Waals surface area (Å²) < 4.78 is 41.5. The summed E-state index contributed by atoms with van der Waals surface area (Å²) in [6, 6.07) is 14.4. The van der Waals surface area contributed by atoms with Crippen molar-refractivity contribution in [1.82, 2.24) is 14.8 Å². The van der Waals surface area contributed by atoms with Gasteiger partial charge in [0.2, 0.25) is 11.9 Å². The van der Waals surface area contributed by atoms with Gasteiger partial charge in [0.1, 0.15) is 6.04 Å². The van der Waals surface area contributed by atoms with Gasteiger partial charge in [0.15, 0.2) is 0 Å². The van der Waals surface area contributed by atoms with Crippen LogP contribution in [0.15, 0.2) is 59.8 Å². The van der Waals surface area contributed by atoms with Gasteiger partial charge in [-0.05, 0) is 42.8 Å². The summed E-state index contributed by atoms with van der Waals surface area (Å²) in [5.74, 6) is -0.722. The SMILES string of the molecule is [CH2]C(=O)Nc1nc2n(n1)[C@H](c1ccc(C#N)cc1)C(C#N)=C(C)N2c1cccc(C(F)(F)F)c1. The molecule has 4 rings (SSSR count). The van der Waals surface area contributed by atoms with Crippen LogP contribution in [0.5, 0.6) is 0 Å². The molecule has 34 heavy (non-hydrogen) atoms. The first-order chi connectivity index (χ1) is 16.1. The molecule has 1 atom stereocenters. The van der Waals surface area contributed by atoms with Crippen molar-refractivity contribution in [2.45, 2.75) is 19.1 Å². The number of allylic oxidation sites excluding steroid dienone is 2. The molecule has 1 amide bonds. The minimum atomic E-state index is -4.58. The van der Waals surface area contributed by atoms with Crippen molar-refractivity contribution in [3.63, 3.8) is 0 Å². The molecular weight excluding hydrogens is 447 g/mol. The van der Waals surface area contributed by atoms with E-state index >= 15 is 0 Å². The zero-order chi connectivity index (χ0) is 24.6. The molecule has 2 aromatic carbocycles. The number of halogens is 3. The van der Waals surface area contributed by atoms with E-state index in [1.807, 2.05) is 6.07 Å². The largest absolute Gasteiger partial charge is 0.416 e. The van der Waals surface area contributed by atoms with E-state index in [1.54, 1.807) is 31.2 Å². The van der Waals surface area contributed by atoms with E-state index in [0.717, 1.165) is 12.1 Å². The van der Waals surface area contributed by atoms with Crippen molar-refractivity contribution in [3.05, 3.63) is 83.4 Å². The summed E-state index contributed by atoms with van der Waals surface area (Å²) in [7, 11) is 0. The van der Waals surface area contributed by atoms with Crippen LogP contribution in [0.3, 0.4) is 0 Å². The number of fused-ring (bicyclic) bond motifs is 1. The lowest BCUT2D eigenvalue weighted by Gasteiger charge is -2.34. The third-order valence-electron chi connectivity index (χ3n) is 5.22. The summed E-state index contributed by atoms with van der Waals surface area (Å²) in [6.45, 7) is 4.82. The molecule has 169 valence electrons. The van der Waals surface area contributed by atoms with E-state index in [9.17, 15) is 23.2 Å². The number of carbonyl (C=O) groups is 1. The Kier molecular flexibility index (Phi) is 5.55. The zero-order valence-electron chi connectivity index (χ0n) is 17.6. The number of nitrogens with zero attached hydrogens (tertiary/aromatic N) is 6. The summed E-state index contributed by atoms with van der Waals surface area (Å²) in [6.07, 6.45) is -4.58. The first-order valence-electron chi connectivity index (χ1n) is 9.82. The lowest BCUT2D eigenvalue weighted by atomic mass is 9.95. The topological polar surface area (TPSA) is 111 Å². The number of anilines is 3. The number of hydrogen-bond donors (Lipinski definition) is 1. The Hall–Kier alpha value is -4.64. The van der Waals surface area contributed by atoms with Crippen molar-refractivity contribution >= 4 is 23.5 Å². The molecule has 0 aliphatic carbocycles. The maximum atomic E-state index is 13.4. The molecule has 1 aliphatic rings. The maximum Gasteiger partial charge on any atom is 0.416 e. The Balaban J connectivity index is 1.95. The molecule has 0 saturated heterocycles. The van der Waals surface area contributed by atoms with Crippen LogP contribution < -0.4 is 10.2 Å². The van der Waals surface area contributed by atoms with Crippen molar-refractivity contribution in [3.8, 4) is 12.1 Å². The first kappa shape index (κ1) is 22.6. The molecule has 0 bridgehead atoms. The molecule has 0 saturated carbocycles. The van der Waals surface area contributed by atoms with Crippen LogP contribution in [0.2, 0.25) is 0 Å². The van der Waals surface area contributed by atoms with Crippen LogP contribution in [-0.2, 0) is 11.0 Å². The fourth-order valence-electron chi connectivity index (χ4n) is 3.73. The van der Waals surface area contributed by atoms with Gasteiger partial charge in [0, 0.05) is 18.3 Å². The van der Waals surface area contributed by atoms with Gasteiger partial charge in [-0.15, -0.1) is 5.10 Å². The van der Waals surface area contributed by atoms with Crippen molar-refractivity contribution in [2.75, 3.05) is 10.2 Å². The fourth-order valence-corrected chi connectivity index (χ4v) is 3.73. The van der Waals surface area contributed by atoms with Gasteiger partial charge in [0.25, 0.3) is 5.95 Å². The number of carbonyl (C=O) groups excluding carboxylic acids is 1. The molecule has 0 unspecified atom stereocenters. The number of alkyl halides is 3. The second-order valence-corrected chi connectivity index (χ2v) is 7.36. The van der Waals surface area contributed by atoms with Crippen molar-refractivity contribution in [2.24, 2.45) is 0 Å². The van der Waals surface area contributed by atoms with Gasteiger partial charge < -0.3 is 0 Å². The van der Waals surface area contributed by atoms with Crippen LogP contribution in [0.25, 0.3) is 0 Å². The molecule has 1 N–H and O–H groups in total. The highest BCUT2D eigenvalue weighted by Gasteiger charge is 2.37. The third kappa shape index (κ3) is 3.95. The summed E-state index contributed by atoms with van der Waals surface area (Å²) in [5, 5.41) is 25.8. The van der Waals surface area contributed by atoms with Gasteiger partial charge in [-0.3, -0.25) is 15.0 Å². The molecule has 1 aromatic heterocycles. The van der Waals surface area contributed by atoms with E-state index in [0.29, 0.717) is 16.8 Å². The van der Waals surface area contributed by atoms with E-state index in [4.69, 9.17) is 5.26 Å². The van der Waals surface area contributed by atoms with Gasteiger partial charge in [-0.1, -0.05) is 18.2 Å². The smallest absolute Gasteiger partial charge is 0.293 e. The quantitative estimate of drug-likeness (QED) is 0.615. The van der Waals surface area contributed by atoms with E-state index < -0.39 is 23.7 Å². The lowest BCUT2D eigenvalue weighted by Crippen LogP contribution is -2.31. The van der Waals surface area contributed by atoms with Gasteiger partial charge >= 0.3 is 6.18 Å². The highest BCUT2D eigenvalue weighted by Crippen LogP contribution is 2.43. The second-order valence-electron chi connectivity index (χ2n) is 7.36. The Bertz CT molecular complexity index is 1390. The second kappa shape index (κ2) is 8.37. The van der Waals surface area contributed by atoms with E-state index in [1.165, 1.54) is 21.7 Å². The first-order valence-corrected chi connectivity index (χ1v) is 9.82. The number of amides is 1. The molecule has 8 nitrogen and oxygen atoms in total. The van der Waals surface area contributed by atoms with Gasteiger partial charge in [-0.2, -0.15) is 28.7 Å². The predicted octanol–water partition coefficient (Wildman–Crippen LogP) is 4.48. The van der Waals surface area contributed by atoms with E-state index in [-0.39, 0.29) is 23.2 Å². The summed E-state index contributed by atoms with van der Waals surface area (Å²) in [5.41, 5.74) is 0.781. The number of nitrogens with one attached hydrogen (secondary N) is 1. The Labute approximate surface area is 192 Å². The van der Waals surface area contributed by atoms with Crippen LogP contribution >= 0.6 is 0 Å². The van der Waals surface area contributed by atoms with Crippen LogP contribution in [0.4, 0.5) is 30.8 Å². The Morgan fingerprint density at radius 3 is 2.44 bits per heavy atom. The van der Waals surface area contributed by atoms with Crippen LogP contribution in [-0.4, -0.2) is 20.7 Å². The summed E-state index contributed by atoms with van der Waals surface area (Å²) >= 11 is 0. The van der Waals surface area contributed by atoms with Crippen LogP contribution in [0.1, 0.15) is 29.7 Å². The van der Waals surface area contributed by atoms with Gasteiger partial charge in [0.05, 0.1) is 28.8 Å². The summed E-state index contributed by atoms with van der Waals surface area (Å²) in [4.78, 5) is 17.2. The minimum Gasteiger partial charge on any atom is -0.293 e. The predicted molar refractivity (Wildman–Crippen MR) is 115 cm³/mol. The number of hydrogen-bond acceptors (Lipinski definition) is 6. The number of aromatic nitrogens is 3. The van der Waals surface area contributed by atoms with Crippen LogP contribution in [0, 0.1) is 29.6 Å². The van der Waals surface area contributed by atoms with Crippen molar-refractivity contribution < 1.29 is 18.0 Å². The lowest BCUT2D eigenvalue weighted by molar-refractivity contribution is -0.137. The molecule has 1 aliphatic heterocycles.